The second-order valence-electron chi connectivity index (χ2n) is 7.93. The fourth-order valence-corrected chi connectivity index (χ4v) is 4.32. The molecule has 4 heterocycles. The minimum atomic E-state index is -0.227. The minimum Gasteiger partial charge on any atom is -0.381 e. The SMILES string of the molecule is CC1CCN(C(=O)C=C2CCOCC2)CC1NC(=O)c1ccc2cncc(Br)c2n1. The molecule has 2 atom stereocenters. The van der Waals surface area contributed by atoms with E-state index in [2.05, 4.69) is 38.1 Å². The van der Waals surface area contributed by atoms with Gasteiger partial charge in [0, 0.05) is 43.0 Å². The van der Waals surface area contributed by atoms with Crippen LogP contribution < -0.4 is 5.32 Å². The molecule has 0 radical (unpaired) electrons. The monoisotopic (exact) mass is 472 g/mol. The van der Waals surface area contributed by atoms with Crippen molar-refractivity contribution in [2.45, 2.75) is 32.2 Å². The standard InChI is InChI=1S/C22H25BrN4O3/c1-14-4-7-27(20(28)10-15-5-8-30-9-6-15)13-19(14)26-22(29)18-3-2-16-11-24-12-17(23)21(16)25-18/h2-3,10-12,14,19H,4-9,13H2,1H3,(H,26,29). The molecule has 4 rings (SSSR count). The number of carbonyl (C=O) groups excluding carboxylic acids is 2. The van der Waals surface area contributed by atoms with Crippen LogP contribution in [0, 0.1) is 5.92 Å². The Labute approximate surface area is 184 Å². The Bertz CT molecular complexity index is 986. The second-order valence-corrected chi connectivity index (χ2v) is 8.79. The molecule has 2 aromatic heterocycles. The molecule has 2 saturated heterocycles. The third kappa shape index (κ3) is 4.70. The van der Waals surface area contributed by atoms with Crippen LogP contribution >= 0.6 is 15.9 Å². The van der Waals surface area contributed by atoms with E-state index in [-0.39, 0.29) is 23.8 Å². The molecule has 0 saturated carbocycles. The van der Waals surface area contributed by atoms with E-state index in [1.807, 2.05) is 11.0 Å². The summed E-state index contributed by atoms with van der Waals surface area (Å²) in [4.78, 5) is 36.1. The number of hydrogen-bond donors (Lipinski definition) is 1. The van der Waals surface area contributed by atoms with Crippen molar-refractivity contribution < 1.29 is 14.3 Å². The lowest BCUT2D eigenvalue weighted by Gasteiger charge is -2.37. The third-order valence-electron chi connectivity index (χ3n) is 5.84. The minimum absolute atomic E-state index is 0.0262. The highest BCUT2D eigenvalue weighted by molar-refractivity contribution is 9.10. The first-order chi connectivity index (χ1) is 14.5. The van der Waals surface area contributed by atoms with E-state index in [0.717, 1.165) is 34.7 Å². The number of likely N-dealkylation sites (tertiary alicyclic amines) is 1. The second kappa shape index (κ2) is 9.22. The van der Waals surface area contributed by atoms with E-state index >= 15 is 0 Å². The lowest BCUT2D eigenvalue weighted by Crippen LogP contribution is -2.53. The first-order valence-electron chi connectivity index (χ1n) is 10.3. The molecular weight excluding hydrogens is 448 g/mol. The van der Waals surface area contributed by atoms with Crippen molar-refractivity contribution >= 4 is 38.6 Å². The molecule has 2 aliphatic heterocycles. The highest BCUT2D eigenvalue weighted by atomic mass is 79.9. The summed E-state index contributed by atoms with van der Waals surface area (Å²) >= 11 is 3.44. The van der Waals surface area contributed by atoms with E-state index in [0.29, 0.717) is 37.5 Å². The Morgan fingerprint density at radius 3 is 2.87 bits per heavy atom. The van der Waals surface area contributed by atoms with E-state index in [9.17, 15) is 9.59 Å². The summed E-state index contributed by atoms with van der Waals surface area (Å²) in [6, 6.07) is 3.44. The maximum absolute atomic E-state index is 12.9. The number of carbonyl (C=O) groups is 2. The quantitative estimate of drug-likeness (QED) is 0.693. The van der Waals surface area contributed by atoms with Crippen LogP contribution in [0.2, 0.25) is 0 Å². The van der Waals surface area contributed by atoms with Gasteiger partial charge in [0.15, 0.2) is 0 Å². The molecule has 1 N–H and O–H groups in total. The molecule has 0 aromatic carbocycles. The van der Waals surface area contributed by atoms with Gasteiger partial charge in [0.2, 0.25) is 5.91 Å². The Balaban J connectivity index is 1.44. The van der Waals surface area contributed by atoms with Crippen LogP contribution in [0.4, 0.5) is 0 Å². The van der Waals surface area contributed by atoms with Crippen LogP contribution in [0.3, 0.4) is 0 Å². The predicted molar refractivity (Wildman–Crippen MR) is 117 cm³/mol. The van der Waals surface area contributed by atoms with Crippen LogP contribution in [0.15, 0.2) is 40.6 Å². The number of amides is 2. The Morgan fingerprint density at radius 2 is 2.07 bits per heavy atom. The maximum Gasteiger partial charge on any atom is 0.270 e. The third-order valence-corrected chi connectivity index (χ3v) is 6.42. The molecule has 7 nitrogen and oxygen atoms in total. The molecule has 2 fully saturated rings. The number of aromatic nitrogens is 2. The number of pyridine rings is 2. The topological polar surface area (TPSA) is 84.4 Å². The van der Waals surface area contributed by atoms with Crippen molar-refractivity contribution in [2.75, 3.05) is 26.3 Å². The predicted octanol–water partition coefficient (Wildman–Crippen LogP) is 3.10. The fourth-order valence-electron chi connectivity index (χ4n) is 3.88. The van der Waals surface area contributed by atoms with Crippen LogP contribution in [-0.4, -0.2) is 59.0 Å². The van der Waals surface area contributed by atoms with Gasteiger partial charge < -0.3 is 15.0 Å². The average molecular weight is 473 g/mol. The summed E-state index contributed by atoms with van der Waals surface area (Å²) < 4.78 is 6.10. The number of halogens is 1. The summed E-state index contributed by atoms with van der Waals surface area (Å²) in [5, 5.41) is 3.96. The van der Waals surface area contributed by atoms with Crippen molar-refractivity contribution in [1.29, 1.82) is 0 Å². The molecule has 0 spiro atoms. The Morgan fingerprint density at radius 1 is 1.27 bits per heavy atom. The summed E-state index contributed by atoms with van der Waals surface area (Å²) in [6.45, 7) is 4.69. The molecule has 0 bridgehead atoms. The Hall–Kier alpha value is -2.32. The molecule has 158 valence electrons. The zero-order chi connectivity index (χ0) is 21.1. The van der Waals surface area contributed by atoms with Gasteiger partial charge in [-0.15, -0.1) is 0 Å². The van der Waals surface area contributed by atoms with Crippen LogP contribution in [-0.2, 0) is 9.53 Å². The van der Waals surface area contributed by atoms with Crippen molar-refractivity contribution in [3.8, 4) is 0 Å². The average Bonchev–Trinajstić information content (AvgIpc) is 2.76. The maximum atomic E-state index is 12.9. The zero-order valence-corrected chi connectivity index (χ0v) is 18.5. The molecule has 2 unspecified atom stereocenters. The largest absolute Gasteiger partial charge is 0.381 e. The van der Waals surface area contributed by atoms with E-state index < -0.39 is 0 Å². The summed E-state index contributed by atoms with van der Waals surface area (Å²) in [5.41, 5.74) is 2.20. The van der Waals surface area contributed by atoms with E-state index in [4.69, 9.17) is 4.74 Å². The number of hydrogen-bond acceptors (Lipinski definition) is 5. The van der Waals surface area contributed by atoms with Crippen LogP contribution in [0.5, 0.6) is 0 Å². The highest BCUT2D eigenvalue weighted by Crippen LogP contribution is 2.22. The smallest absolute Gasteiger partial charge is 0.270 e. The van der Waals surface area contributed by atoms with Crippen molar-refractivity contribution in [1.82, 2.24) is 20.2 Å². The van der Waals surface area contributed by atoms with Crippen LogP contribution in [0.25, 0.3) is 10.9 Å². The van der Waals surface area contributed by atoms with Gasteiger partial charge in [-0.2, -0.15) is 0 Å². The van der Waals surface area contributed by atoms with Gasteiger partial charge in [0.05, 0.1) is 23.2 Å². The summed E-state index contributed by atoms with van der Waals surface area (Å²) in [5.74, 6) is 0.0815. The van der Waals surface area contributed by atoms with Gasteiger partial charge in [0.1, 0.15) is 5.69 Å². The van der Waals surface area contributed by atoms with Gasteiger partial charge in [-0.25, -0.2) is 4.98 Å². The van der Waals surface area contributed by atoms with Gasteiger partial charge in [-0.05, 0) is 53.2 Å². The molecule has 2 aliphatic rings. The van der Waals surface area contributed by atoms with Crippen LogP contribution in [0.1, 0.15) is 36.7 Å². The van der Waals surface area contributed by atoms with E-state index in [1.165, 1.54) is 0 Å². The number of rotatable bonds is 3. The lowest BCUT2D eigenvalue weighted by molar-refractivity contribution is -0.127. The summed E-state index contributed by atoms with van der Waals surface area (Å²) in [6.07, 6.45) is 7.62. The number of fused-ring (bicyclic) bond motifs is 1. The van der Waals surface area contributed by atoms with Crippen molar-refractivity contribution in [3.05, 3.63) is 46.3 Å². The van der Waals surface area contributed by atoms with Gasteiger partial charge in [-0.1, -0.05) is 12.5 Å². The summed E-state index contributed by atoms with van der Waals surface area (Å²) in [7, 11) is 0. The first kappa shape index (κ1) is 20.9. The zero-order valence-electron chi connectivity index (χ0n) is 16.9. The van der Waals surface area contributed by atoms with Crippen molar-refractivity contribution in [3.63, 3.8) is 0 Å². The van der Waals surface area contributed by atoms with Gasteiger partial charge >= 0.3 is 0 Å². The highest BCUT2D eigenvalue weighted by Gasteiger charge is 2.30. The Kier molecular flexibility index (Phi) is 6.43. The van der Waals surface area contributed by atoms with Crippen molar-refractivity contribution in [2.24, 2.45) is 5.92 Å². The number of nitrogens with zero attached hydrogens (tertiary/aromatic N) is 3. The number of nitrogens with one attached hydrogen (secondary N) is 1. The molecular formula is C22H25BrN4O3. The first-order valence-corrected chi connectivity index (χ1v) is 11.1. The molecule has 2 aromatic rings. The molecule has 2 amide bonds. The molecule has 30 heavy (non-hydrogen) atoms. The fraction of sp³-hybridized carbons (Fsp3) is 0.455. The van der Waals surface area contributed by atoms with E-state index in [1.54, 1.807) is 24.5 Å². The normalized spacial score (nSPS) is 22.1. The van der Waals surface area contributed by atoms with Gasteiger partial charge in [-0.3, -0.25) is 14.6 Å². The lowest BCUT2D eigenvalue weighted by atomic mass is 9.93. The molecule has 8 heteroatoms. The number of piperidine rings is 1. The number of ether oxygens (including phenoxy) is 1. The molecule has 0 aliphatic carbocycles. The van der Waals surface area contributed by atoms with Gasteiger partial charge in [0.25, 0.3) is 5.91 Å².